The predicted octanol–water partition coefficient (Wildman–Crippen LogP) is 3.47. The molecule has 0 spiro atoms. The second-order valence-electron chi connectivity index (χ2n) is 7.13. The van der Waals surface area contributed by atoms with Crippen molar-refractivity contribution in [3.63, 3.8) is 0 Å². The number of aromatic nitrogens is 1. The summed E-state index contributed by atoms with van der Waals surface area (Å²) in [5, 5.41) is 3.07. The van der Waals surface area contributed by atoms with E-state index in [1.807, 2.05) is 12.1 Å². The van der Waals surface area contributed by atoms with Crippen molar-refractivity contribution >= 4 is 40.2 Å². The summed E-state index contributed by atoms with van der Waals surface area (Å²) in [4.78, 5) is 12.0. The average Bonchev–Trinajstić information content (AvgIpc) is 3.36. The molecule has 1 saturated heterocycles. The third-order valence-corrected chi connectivity index (χ3v) is 6.28. The molecular weight excluding hydrogens is 414 g/mol. The molecular formula is C20H24ClN3O4S. The molecule has 1 unspecified atom stereocenters. The Balaban J connectivity index is 0.00000205. The van der Waals surface area contributed by atoms with Crippen molar-refractivity contribution in [3.8, 4) is 11.5 Å². The molecule has 1 aromatic heterocycles. The lowest BCUT2D eigenvalue weighted by molar-refractivity contribution is 0.0902. The third kappa shape index (κ3) is 4.26. The number of hydrogen-bond donors (Lipinski definition) is 0. The van der Waals surface area contributed by atoms with E-state index in [0.717, 1.165) is 65.1 Å². The highest BCUT2D eigenvalue weighted by Gasteiger charge is 2.28. The number of rotatable bonds is 5. The van der Waals surface area contributed by atoms with E-state index in [9.17, 15) is 0 Å². The molecule has 1 aromatic carbocycles. The summed E-state index contributed by atoms with van der Waals surface area (Å²) in [5.41, 5.74) is 2.12. The Bertz CT molecular complexity index is 920. The summed E-state index contributed by atoms with van der Waals surface area (Å²) in [6, 6.07) is 6.18. The molecule has 0 bridgehead atoms. The van der Waals surface area contributed by atoms with Gasteiger partial charge in [-0.15, -0.1) is 12.4 Å². The van der Waals surface area contributed by atoms with Gasteiger partial charge in [0.05, 0.1) is 24.8 Å². The number of methoxy groups -OCH3 is 1. The third-order valence-electron chi connectivity index (χ3n) is 5.16. The number of fused-ring (bicyclic) bond motifs is 3. The number of thioether (sulfide) groups is 1. The van der Waals surface area contributed by atoms with Gasteiger partial charge < -0.3 is 23.8 Å². The van der Waals surface area contributed by atoms with Crippen LogP contribution in [0.3, 0.4) is 0 Å². The average molecular weight is 438 g/mol. The fourth-order valence-electron chi connectivity index (χ4n) is 3.76. The lowest BCUT2D eigenvalue weighted by Gasteiger charge is -2.32. The van der Waals surface area contributed by atoms with E-state index in [1.165, 1.54) is 5.56 Å². The maximum absolute atomic E-state index is 5.86. The Morgan fingerprint density at radius 3 is 2.93 bits per heavy atom. The second-order valence-corrected chi connectivity index (χ2v) is 8.08. The Morgan fingerprint density at radius 2 is 2.14 bits per heavy atom. The van der Waals surface area contributed by atoms with Crippen LogP contribution in [0.1, 0.15) is 18.4 Å². The fraction of sp³-hybridized carbons (Fsp3) is 0.500. The highest BCUT2D eigenvalue weighted by Crippen LogP contribution is 2.39. The fourth-order valence-corrected chi connectivity index (χ4v) is 4.75. The lowest BCUT2D eigenvalue weighted by atomic mass is 10.1. The van der Waals surface area contributed by atoms with Gasteiger partial charge in [-0.05, 0) is 36.7 Å². The molecule has 0 amide bonds. The smallest absolute Gasteiger partial charge is 0.231 e. The molecule has 0 radical (unpaired) electrons. The second kappa shape index (κ2) is 8.95. The van der Waals surface area contributed by atoms with Crippen LogP contribution in [0.4, 0.5) is 0 Å². The number of aliphatic imine (C=N–C) groups is 1. The highest BCUT2D eigenvalue weighted by atomic mass is 35.5. The SMILES string of the molecule is COCCN=C1Sc2nc3cc4c(cc3cc2CN1CC1CCCO1)OCO4.Cl. The summed E-state index contributed by atoms with van der Waals surface area (Å²) < 4.78 is 22.1. The van der Waals surface area contributed by atoms with Gasteiger partial charge in [-0.3, -0.25) is 4.99 Å². The Morgan fingerprint density at radius 1 is 1.28 bits per heavy atom. The molecule has 1 atom stereocenters. The Kier molecular flexibility index (Phi) is 6.34. The number of benzene rings is 1. The van der Waals surface area contributed by atoms with Crippen LogP contribution in [-0.4, -0.2) is 61.4 Å². The molecule has 3 aliphatic rings. The van der Waals surface area contributed by atoms with Crippen LogP contribution in [0, 0.1) is 0 Å². The van der Waals surface area contributed by atoms with Gasteiger partial charge in [0.15, 0.2) is 16.7 Å². The maximum Gasteiger partial charge on any atom is 0.231 e. The summed E-state index contributed by atoms with van der Waals surface area (Å²) in [6.45, 7) is 4.02. The number of halogens is 1. The lowest BCUT2D eigenvalue weighted by Crippen LogP contribution is -2.38. The van der Waals surface area contributed by atoms with E-state index in [2.05, 4.69) is 11.0 Å². The van der Waals surface area contributed by atoms with Crippen molar-refractivity contribution in [2.75, 3.05) is 40.2 Å². The largest absolute Gasteiger partial charge is 0.454 e. The van der Waals surface area contributed by atoms with Crippen LogP contribution >= 0.6 is 24.2 Å². The van der Waals surface area contributed by atoms with Crippen molar-refractivity contribution in [1.29, 1.82) is 0 Å². The van der Waals surface area contributed by atoms with Crippen molar-refractivity contribution < 1.29 is 18.9 Å². The molecule has 0 aliphatic carbocycles. The quantitative estimate of drug-likeness (QED) is 0.663. The molecule has 9 heteroatoms. The molecule has 4 heterocycles. The van der Waals surface area contributed by atoms with E-state index in [1.54, 1.807) is 18.9 Å². The molecule has 2 aromatic rings. The van der Waals surface area contributed by atoms with E-state index >= 15 is 0 Å². The van der Waals surface area contributed by atoms with E-state index in [0.29, 0.717) is 13.2 Å². The van der Waals surface area contributed by atoms with Gasteiger partial charge in [0.25, 0.3) is 0 Å². The van der Waals surface area contributed by atoms with Crippen molar-refractivity contribution in [2.45, 2.75) is 30.5 Å². The molecule has 7 nitrogen and oxygen atoms in total. The van der Waals surface area contributed by atoms with Crippen molar-refractivity contribution in [3.05, 3.63) is 23.8 Å². The predicted molar refractivity (Wildman–Crippen MR) is 115 cm³/mol. The van der Waals surface area contributed by atoms with E-state index in [-0.39, 0.29) is 25.3 Å². The number of nitrogens with zero attached hydrogens (tertiary/aromatic N) is 3. The van der Waals surface area contributed by atoms with Crippen LogP contribution in [0.2, 0.25) is 0 Å². The Hall–Kier alpha value is -1.74. The van der Waals surface area contributed by atoms with E-state index < -0.39 is 0 Å². The van der Waals surface area contributed by atoms with Crippen LogP contribution in [0.5, 0.6) is 11.5 Å². The number of hydrogen-bond acceptors (Lipinski definition) is 7. The van der Waals surface area contributed by atoms with Gasteiger partial charge in [-0.25, -0.2) is 4.98 Å². The number of amidine groups is 1. The van der Waals surface area contributed by atoms with Crippen LogP contribution < -0.4 is 9.47 Å². The van der Waals surface area contributed by atoms with Gasteiger partial charge in [0.1, 0.15) is 5.03 Å². The molecule has 3 aliphatic heterocycles. The molecule has 5 rings (SSSR count). The van der Waals surface area contributed by atoms with Gasteiger partial charge in [-0.1, -0.05) is 0 Å². The summed E-state index contributed by atoms with van der Waals surface area (Å²) in [5.74, 6) is 1.55. The van der Waals surface area contributed by atoms with Gasteiger partial charge in [0.2, 0.25) is 6.79 Å². The zero-order chi connectivity index (χ0) is 18.9. The van der Waals surface area contributed by atoms with Crippen LogP contribution in [0.15, 0.2) is 28.2 Å². The monoisotopic (exact) mass is 437 g/mol. The summed E-state index contributed by atoms with van der Waals surface area (Å²) >= 11 is 1.63. The zero-order valence-corrected chi connectivity index (χ0v) is 17.9. The first-order valence-corrected chi connectivity index (χ1v) is 10.4. The van der Waals surface area contributed by atoms with Crippen molar-refractivity contribution in [1.82, 2.24) is 9.88 Å². The maximum atomic E-state index is 5.86. The molecule has 0 N–H and O–H groups in total. The number of ether oxygens (including phenoxy) is 4. The first-order chi connectivity index (χ1) is 13.8. The molecule has 29 heavy (non-hydrogen) atoms. The van der Waals surface area contributed by atoms with Crippen LogP contribution in [0.25, 0.3) is 10.9 Å². The summed E-state index contributed by atoms with van der Waals surface area (Å²) in [6.07, 6.45) is 2.52. The minimum Gasteiger partial charge on any atom is -0.454 e. The zero-order valence-electron chi connectivity index (χ0n) is 16.3. The number of pyridine rings is 1. The van der Waals surface area contributed by atoms with Gasteiger partial charge in [-0.2, -0.15) is 0 Å². The topological polar surface area (TPSA) is 65.4 Å². The van der Waals surface area contributed by atoms with E-state index in [4.69, 9.17) is 28.9 Å². The van der Waals surface area contributed by atoms with Crippen LogP contribution in [-0.2, 0) is 16.0 Å². The minimum atomic E-state index is 0. The molecule has 156 valence electrons. The summed E-state index contributed by atoms with van der Waals surface area (Å²) in [7, 11) is 1.70. The van der Waals surface area contributed by atoms with Crippen molar-refractivity contribution in [2.24, 2.45) is 4.99 Å². The highest BCUT2D eigenvalue weighted by molar-refractivity contribution is 8.13. The van der Waals surface area contributed by atoms with Gasteiger partial charge >= 0.3 is 0 Å². The first kappa shape index (κ1) is 20.5. The first-order valence-electron chi connectivity index (χ1n) is 9.61. The van der Waals surface area contributed by atoms with Gasteiger partial charge in [0, 0.05) is 43.8 Å². The normalized spacial score (nSPS) is 21.5. The Labute approximate surface area is 180 Å². The standard InChI is InChI=1S/C20H23N3O4S.ClH/c1-24-6-4-21-20-23(11-15-3-2-5-25-15)10-14-7-13-8-17-18(27-12-26-17)9-16(13)22-19(14)28-20;/h7-9,15H,2-6,10-12H2,1H3;1H. The molecule has 0 saturated carbocycles. The minimum absolute atomic E-state index is 0. The molecule has 1 fully saturated rings.